The molecule has 9 nitrogen and oxygen atoms in total. The Kier molecular flexibility index (Phi) is 8.73. The highest BCUT2D eigenvalue weighted by molar-refractivity contribution is 7.89. The van der Waals surface area contributed by atoms with Gasteiger partial charge in [0.25, 0.3) is 11.8 Å². The smallest absolute Gasteiger partial charge is 0.255 e. The van der Waals surface area contributed by atoms with E-state index in [0.717, 1.165) is 25.0 Å². The fourth-order valence-electron chi connectivity index (χ4n) is 4.46. The summed E-state index contributed by atoms with van der Waals surface area (Å²) in [5.74, 6) is -0.413. The summed E-state index contributed by atoms with van der Waals surface area (Å²) < 4.78 is 31.2. The van der Waals surface area contributed by atoms with E-state index in [9.17, 15) is 18.0 Å². The molecule has 2 heterocycles. The Labute approximate surface area is 212 Å². The predicted molar refractivity (Wildman–Crippen MR) is 138 cm³/mol. The molecule has 2 amide bonds. The zero-order valence-corrected chi connectivity index (χ0v) is 21.4. The zero-order chi connectivity index (χ0) is 25.5. The summed E-state index contributed by atoms with van der Waals surface area (Å²) in [5, 5.41) is 5.76. The number of hydrogen-bond acceptors (Lipinski definition) is 6. The summed E-state index contributed by atoms with van der Waals surface area (Å²) in [6, 6.07) is 14.3. The Morgan fingerprint density at radius 3 is 2.39 bits per heavy atom. The second kappa shape index (κ2) is 12.0. The van der Waals surface area contributed by atoms with Gasteiger partial charge in [-0.25, -0.2) is 8.42 Å². The molecule has 2 fully saturated rings. The molecule has 0 aliphatic carbocycles. The summed E-state index contributed by atoms with van der Waals surface area (Å²) >= 11 is 0. The Hall–Kier alpha value is -2.79. The van der Waals surface area contributed by atoms with E-state index < -0.39 is 10.0 Å². The molecule has 0 spiro atoms. The molecule has 1 atom stereocenters. The van der Waals surface area contributed by atoms with Crippen LogP contribution in [0, 0.1) is 0 Å². The quantitative estimate of drug-likeness (QED) is 0.532. The van der Waals surface area contributed by atoms with E-state index in [-0.39, 0.29) is 23.7 Å². The average molecular weight is 515 g/mol. The first kappa shape index (κ1) is 26.3. The van der Waals surface area contributed by atoms with Gasteiger partial charge < -0.3 is 15.4 Å². The van der Waals surface area contributed by atoms with E-state index in [1.807, 2.05) is 12.1 Å². The van der Waals surface area contributed by atoms with Crippen LogP contribution in [0.3, 0.4) is 0 Å². The van der Waals surface area contributed by atoms with Crippen molar-refractivity contribution in [2.24, 2.45) is 0 Å². The van der Waals surface area contributed by atoms with Gasteiger partial charge in [0.2, 0.25) is 10.0 Å². The number of piperazine rings is 1. The van der Waals surface area contributed by atoms with Gasteiger partial charge in [0.05, 0.1) is 23.1 Å². The fourth-order valence-corrected chi connectivity index (χ4v) is 5.54. The summed E-state index contributed by atoms with van der Waals surface area (Å²) in [6.07, 6.45) is 1.99. The van der Waals surface area contributed by atoms with Gasteiger partial charge in [-0.2, -0.15) is 4.31 Å². The maximum absolute atomic E-state index is 12.9. The number of nitrogens with zero attached hydrogens (tertiary/aromatic N) is 2. The van der Waals surface area contributed by atoms with Gasteiger partial charge in [0, 0.05) is 51.4 Å². The number of para-hydroxylation sites is 1. The van der Waals surface area contributed by atoms with Crippen LogP contribution in [0.15, 0.2) is 48.5 Å². The van der Waals surface area contributed by atoms with Gasteiger partial charge >= 0.3 is 0 Å². The fraction of sp³-hybridized carbons (Fsp3) is 0.462. The van der Waals surface area contributed by atoms with Crippen molar-refractivity contribution < 1.29 is 22.7 Å². The second-order valence-electron chi connectivity index (χ2n) is 9.12. The first-order chi connectivity index (χ1) is 17.4. The molecule has 0 saturated carbocycles. The molecule has 2 aliphatic heterocycles. The number of carbonyl (C=O) groups is 2. The lowest BCUT2D eigenvalue weighted by Crippen LogP contribution is -2.48. The van der Waals surface area contributed by atoms with Crippen molar-refractivity contribution >= 4 is 27.5 Å². The van der Waals surface area contributed by atoms with Crippen molar-refractivity contribution in [3.63, 3.8) is 0 Å². The van der Waals surface area contributed by atoms with E-state index in [4.69, 9.17) is 4.74 Å². The van der Waals surface area contributed by atoms with Crippen molar-refractivity contribution in [2.45, 2.75) is 32.4 Å². The van der Waals surface area contributed by atoms with Crippen molar-refractivity contribution in [3.05, 3.63) is 65.2 Å². The summed E-state index contributed by atoms with van der Waals surface area (Å²) in [5.41, 5.74) is 2.40. The Balaban J connectivity index is 1.31. The number of sulfonamides is 1. The predicted octanol–water partition coefficient (Wildman–Crippen LogP) is 2.31. The van der Waals surface area contributed by atoms with Gasteiger partial charge in [-0.1, -0.05) is 24.3 Å². The topological polar surface area (TPSA) is 108 Å². The van der Waals surface area contributed by atoms with Gasteiger partial charge in [-0.15, -0.1) is 0 Å². The molecule has 10 heteroatoms. The highest BCUT2D eigenvalue weighted by Gasteiger charge is 2.25. The lowest BCUT2D eigenvalue weighted by molar-refractivity contribution is 0.0858. The maximum Gasteiger partial charge on any atom is 0.255 e. The van der Waals surface area contributed by atoms with Crippen LogP contribution in [-0.4, -0.2) is 80.6 Å². The molecule has 2 aromatic rings. The molecule has 2 aromatic carbocycles. The normalized spacial score (nSPS) is 19.2. The number of amides is 2. The standard InChI is InChI=1S/C26H34N4O5S/c1-2-36(33,34)30-15-13-29(14-16-30)19-20-9-11-21(12-10-20)25(31)28-24-8-4-3-7-23(24)26(32)27-18-22-6-5-17-35-22/h3-4,7-12,22H,2,5-6,13-19H2,1H3,(H,27,32)(H,28,31). The second-order valence-corrected chi connectivity index (χ2v) is 11.4. The number of rotatable bonds is 9. The van der Waals surface area contributed by atoms with Crippen molar-refractivity contribution in [3.8, 4) is 0 Å². The van der Waals surface area contributed by atoms with E-state index >= 15 is 0 Å². The number of anilines is 1. The molecule has 0 radical (unpaired) electrons. The Morgan fingerprint density at radius 2 is 1.72 bits per heavy atom. The van der Waals surface area contributed by atoms with Crippen LogP contribution in [0.5, 0.6) is 0 Å². The molecule has 2 N–H and O–H groups in total. The van der Waals surface area contributed by atoms with Crippen LogP contribution in [0.4, 0.5) is 5.69 Å². The molecule has 194 valence electrons. The third kappa shape index (κ3) is 6.70. The highest BCUT2D eigenvalue weighted by atomic mass is 32.2. The van der Waals surface area contributed by atoms with Crippen LogP contribution in [0.25, 0.3) is 0 Å². The largest absolute Gasteiger partial charge is 0.376 e. The van der Waals surface area contributed by atoms with Gasteiger partial charge in [0.15, 0.2) is 0 Å². The molecule has 36 heavy (non-hydrogen) atoms. The number of nitrogens with one attached hydrogen (secondary N) is 2. The number of ether oxygens (including phenoxy) is 1. The lowest BCUT2D eigenvalue weighted by atomic mass is 10.1. The number of carbonyl (C=O) groups excluding carboxylic acids is 2. The van der Waals surface area contributed by atoms with Crippen LogP contribution < -0.4 is 10.6 Å². The lowest BCUT2D eigenvalue weighted by Gasteiger charge is -2.33. The summed E-state index contributed by atoms with van der Waals surface area (Å²) in [4.78, 5) is 27.8. The molecule has 1 unspecified atom stereocenters. The summed E-state index contributed by atoms with van der Waals surface area (Å²) in [7, 11) is -3.14. The van der Waals surface area contributed by atoms with E-state index in [1.165, 1.54) is 0 Å². The van der Waals surface area contributed by atoms with Gasteiger partial charge in [-0.05, 0) is 49.6 Å². The zero-order valence-electron chi connectivity index (χ0n) is 20.6. The summed E-state index contributed by atoms with van der Waals surface area (Å²) in [6.45, 7) is 5.88. The van der Waals surface area contributed by atoms with E-state index in [2.05, 4.69) is 15.5 Å². The minimum Gasteiger partial charge on any atom is -0.376 e. The maximum atomic E-state index is 12.9. The highest BCUT2D eigenvalue weighted by Crippen LogP contribution is 2.18. The van der Waals surface area contributed by atoms with Crippen LogP contribution in [-0.2, 0) is 21.3 Å². The third-order valence-corrected chi connectivity index (χ3v) is 8.53. The number of hydrogen-bond donors (Lipinski definition) is 2. The Morgan fingerprint density at radius 1 is 1.00 bits per heavy atom. The first-order valence-electron chi connectivity index (χ1n) is 12.4. The number of benzene rings is 2. The van der Waals surface area contributed by atoms with Crippen LogP contribution in [0.2, 0.25) is 0 Å². The monoisotopic (exact) mass is 514 g/mol. The molecular weight excluding hydrogens is 480 g/mol. The van der Waals surface area contributed by atoms with Gasteiger partial charge in [-0.3, -0.25) is 14.5 Å². The van der Waals surface area contributed by atoms with E-state index in [1.54, 1.807) is 47.6 Å². The molecule has 2 saturated heterocycles. The van der Waals surface area contributed by atoms with Crippen molar-refractivity contribution in [1.82, 2.24) is 14.5 Å². The minimum atomic E-state index is -3.14. The molecule has 2 aliphatic rings. The van der Waals surface area contributed by atoms with Crippen molar-refractivity contribution in [2.75, 3.05) is 50.4 Å². The molecule has 4 rings (SSSR count). The first-order valence-corrected chi connectivity index (χ1v) is 14.1. The molecule has 0 bridgehead atoms. The van der Waals surface area contributed by atoms with E-state index in [0.29, 0.717) is 56.1 Å². The minimum absolute atomic E-state index is 0.0440. The van der Waals surface area contributed by atoms with Crippen molar-refractivity contribution in [1.29, 1.82) is 0 Å². The average Bonchev–Trinajstić information content (AvgIpc) is 3.42. The van der Waals surface area contributed by atoms with Crippen LogP contribution >= 0.6 is 0 Å². The van der Waals surface area contributed by atoms with Gasteiger partial charge in [0.1, 0.15) is 0 Å². The molecule has 0 aromatic heterocycles. The van der Waals surface area contributed by atoms with Crippen LogP contribution in [0.1, 0.15) is 46.0 Å². The SMILES string of the molecule is CCS(=O)(=O)N1CCN(Cc2ccc(C(=O)Nc3ccccc3C(=O)NCC3CCCO3)cc2)CC1. The Bertz CT molecular complexity index is 1160. The third-order valence-electron chi connectivity index (χ3n) is 6.65. The molecular formula is C26H34N4O5S.